The third kappa shape index (κ3) is 2.93. The molecule has 2 aliphatic rings. The fourth-order valence-corrected chi connectivity index (χ4v) is 6.16. The van der Waals surface area contributed by atoms with Crippen molar-refractivity contribution in [1.29, 1.82) is 0 Å². The summed E-state index contributed by atoms with van der Waals surface area (Å²) < 4.78 is 34.1. The molecule has 2 aromatic rings. The molecule has 8 heteroatoms. The quantitative estimate of drug-likeness (QED) is 0.766. The highest BCUT2D eigenvalue weighted by atomic mass is 32.2. The number of nitrogens with zero attached hydrogens (tertiary/aromatic N) is 3. The molecule has 1 unspecified atom stereocenters. The number of hydrogen-bond acceptors (Lipinski definition) is 5. The number of fused-ring (bicyclic) bond motifs is 3. The van der Waals surface area contributed by atoms with Crippen LogP contribution in [0.3, 0.4) is 0 Å². The van der Waals surface area contributed by atoms with Crippen molar-refractivity contribution in [2.75, 3.05) is 26.2 Å². The van der Waals surface area contributed by atoms with Gasteiger partial charge < -0.3 is 9.64 Å². The second kappa shape index (κ2) is 6.81. The van der Waals surface area contributed by atoms with Gasteiger partial charge in [0.25, 0.3) is 5.91 Å². The van der Waals surface area contributed by atoms with Crippen molar-refractivity contribution in [2.24, 2.45) is 0 Å². The molecule has 4 rings (SSSR count). The summed E-state index contributed by atoms with van der Waals surface area (Å²) in [5.74, 6) is 0.612. The first-order valence-electron chi connectivity index (χ1n) is 9.72. The van der Waals surface area contributed by atoms with Gasteiger partial charge in [-0.1, -0.05) is 0 Å². The van der Waals surface area contributed by atoms with Gasteiger partial charge >= 0.3 is 0 Å². The van der Waals surface area contributed by atoms with Crippen molar-refractivity contribution in [1.82, 2.24) is 14.2 Å². The number of aromatic nitrogens is 1. The number of carbonyl (C=O) groups excluding carboxylic acids is 1. The molecule has 1 aromatic carbocycles. The van der Waals surface area contributed by atoms with Crippen LogP contribution in [0.1, 0.15) is 41.0 Å². The van der Waals surface area contributed by atoms with Crippen molar-refractivity contribution < 1.29 is 17.9 Å². The summed E-state index contributed by atoms with van der Waals surface area (Å²) in [4.78, 5) is 19.2. The first kappa shape index (κ1) is 19.8. The molecule has 0 saturated carbocycles. The van der Waals surface area contributed by atoms with E-state index in [1.807, 2.05) is 20.8 Å². The number of rotatable bonds is 4. The average Bonchev–Trinajstić information content (AvgIpc) is 2.92. The summed E-state index contributed by atoms with van der Waals surface area (Å²) >= 11 is 0. The van der Waals surface area contributed by atoms with Gasteiger partial charge in [0.05, 0.1) is 28.3 Å². The Morgan fingerprint density at radius 1 is 1.21 bits per heavy atom. The van der Waals surface area contributed by atoms with E-state index in [9.17, 15) is 13.2 Å². The SMILES string of the molecule is CCOc1cc(C)c(S(=O)(=O)N2CCN3C(=O)c4cccnc4C3(C)C2)cc1C. The monoisotopic (exact) mass is 415 g/mol. The molecule has 1 aromatic heterocycles. The second-order valence-corrected chi connectivity index (χ2v) is 9.69. The molecule has 1 atom stereocenters. The molecule has 3 heterocycles. The van der Waals surface area contributed by atoms with E-state index in [-0.39, 0.29) is 23.9 Å². The Morgan fingerprint density at radius 2 is 1.97 bits per heavy atom. The Bertz CT molecular complexity index is 1100. The van der Waals surface area contributed by atoms with E-state index < -0.39 is 15.6 Å². The zero-order chi connectivity index (χ0) is 21.0. The highest BCUT2D eigenvalue weighted by Gasteiger charge is 2.52. The van der Waals surface area contributed by atoms with Gasteiger partial charge in [-0.25, -0.2) is 8.42 Å². The molecule has 7 nitrogen and oxygen atoms in total. The molecule has 0 N–H and O–H groups in total. The summed E-state index contributed by atoms with van der Waals surface area (Å²) in [5, 5.41) is 0. The minimum absolute atomic E-state index is 0.0826. The Kier molecular flexibility index (Phi) is 4.66. The first-order valence-corrected chi connectivity index (χ1v) is 11.2. The van der Waals surface area contributed by atoms with Crippen LogP contribution >= 0.6 is 0 Å². The molecule has 0 bridgehead atoms. The number of amides is 1. The van der Waals surface area contributed by atoms with Gasteiger partial charge in [0, 0.05) is 25.8 Å². The topological polar surface area (TPSA) is 79.8 Å². The maximum absolute atomic E-state index is 13.5. The molecule has 29 heavy (non-hydrogen) atoms. The number of ether oxygens (including phenoxy) is 1. The normalized spacial score (nSPS) is 21.8. The number of pyridine rings is 1. The van der Waals surface area contributed by atoms with Crippen LogP contribution < -0.4 is 4.74 Å². The van der Waals surface area contributed by atoms with Crippen LogP contribution in [0, 0.1) is 13.8 Å². The molecule has 1 fully saturated rings. The number of sulfonamides is 1. The smallest absolute Gasteiger partial charge is 0.256 e. The maximum atomic E-state index is 13.5. The number of piperazine rings is 1. The van der Waals surface area contributed by atoms with Crippen molar-refractivity contribution in [3.8, 4) is 5.75 Å². The zero-order valence-electron chi connectivity index (χ0n) is 17.1. The molecular formula is C21H25N3O4S. The average molecular weight is 416 g/mol. The lowest BCUT2D eigenvalue weighted by Crippen LogP contribution is -2.58. The lowest BCUT2D eigenvalue weighted by molar-refractivity contribution is 0.0365. The Labute approximate surface area is 171 Å². The van der Waals surface area contributed by atoms with Gasteiger partial charge in [0.2, 0.25) is 10.0 Å². The summed E-state index contributed by atoms with van der Waals surface area (Å²) in [5.41, 5.74) is 1.86. The van der Waals surface area contributed by atoms with Crippen molar-refractivity contribution >= 4 is 15.9 Å². The van der Waals surface area contributed by atoms with Crippen LogP contribution in [0.4, 0.5) is 0 Å². The fraction of sp³-hybridized carbons (Fsp3) is 0.429. The fourth-order valence-electron chi connectivity index (χ4n) is 4.34. The lowest BCUT2D eigenvalue weighted by Gasteiger charge is -2.44. The number of carbonyl (C=O) groups is 1. The minimum atomic E-state index is -3.73. The Morgan fingerprint density at radius 3 is 2.69 bits per heavy atom. The van der Waals surface area contributed by atoms with E-state index >= 15 is 0 Å². The third-order valence-electron chi connectivity index (χ3n) is 5.84. The van der Waals surface area contributed by atoms with E-state index in [1.165, 1.54) is 4.31 Å². The number of hydrogen-bond donors (Lipinski definition) is 0. The molecule has 2 aliphatic heterocycles. The van der Waals surface area contributed by atoms with Crippen LogP contribution in [0.15, 0.2) is 35.4 Å². The van der Waals surface area contributed by atoms with E-state index in [0.717, 1.165) is 5.56 Å². The zero-order valence-corrected chi connectivity index (χ0v) is 17.9. The lowest BCUT2D eigenvalue weighted by atomic mass is 9.95. The van der Waals surface area contributed by atoms with Gasteiger partial charge in [-0.05, 0) is 63.1 Å². The summed E-state index contributed by atoms with van der Waals surface area (Å²) in [6.07, 6.45) is 1.65. The van der Waals surface area contributed by atoms with Crippen molar-refractivity contribution in [2.45, 2.75) is 38.1 Å². The molecule has 1 amide bonds. The standard InChI is InChI=1S/C21H25N3O4S/c1-5-28-17-11-15(3)18(12-14(17)2)29(26,27)23-9-10-24-20(25)16-7-6-8-22-19(16)21(24,4)13-23/h6-8,11-12H,5,9-10,13H2,1-4H3. The minimum Gasteiger partial charge on any atom is -0.494 e. The number of benzene rings is 1. The van der Waals surface area contributed by atoms with E-state index in [4.69, 9.17) is 4.74 Å². The molecule has 154 valence electrons. The highest BCUT2D eigenvalue weighted by Crippen LogP contribution is 2.41. The summed E-state index contributed by atoms with van der Waals surface area (Å²) in [6.45, 7) is 8.70. The maximum Gasteiger partial charge on any atom is 0.256 e. The van der Waals surface area contributed by atoms with Crippen LogP contribution in [-0.2, 0) is 15.6 Å². The molecule has 1 saturated heterocycles. The molecule has 0 aliphatic carbocycles. The largest absolute Gasteiger partial charge is 0.494 e. The summed E-state index contributed by atoms with van der Waals surface area (Å²) in [7, 11) is -3.73. The number of aryl methyl sites for hydroxylation is 2. The third-order valence-corrected chi connectivity index (χ3v) is 7.82. The summed E-state index contributed by atoms with van der Waals surface area (Å²) in [6, 6.07) is 6.95. The van der Waals surface area contributed by atoms with Crippen LogP contribution in [0.5, 0.6) is 5.75 Å². The van der Waals surface area contributed by atoms with E-state index in [2.05, 4.69) is 4.98 Å². The van der Waals surface area contributed by atoms with Crippen molar-refractivity contribution in [3.05, 3.63) is 52.8 Å². The molecule has 0 spiro atoms. The Hall–Kier alpha value is -2.45. The molecular weight excluding hydrogens is 390 g/mol. The van der Waals surface area contributed by atoms with E-state index in [0.29, 0.717) is 35.7 Å². The van der Waals surface area contributed by atoms with Crippen LogP contribution in [-0.4, -0.2) is 54.8 Å². The second-order valence-electron chi connectivity index (χ2n) is 7.79. The van der Waals surface area contributed by atoms with Gasteiger partial charge in [-0.2, -0.15) is 4.31 Å². The Balaban J connectivity index is 1.72. The van der Waals surface area contributed by atoms with Gasteiger partial charge in [-0.15, -0.1) is 0 Å². The highest BCUT2D eigenvalue weighted by molar-refractivity contribution is 7.89. The predicted molar refractivity (Wildman–Crippen MR) is 108 cm³/mol. The molecule has 0 radical (unpaired) electrons. The predicted octanol–water partition coefficient (Wildman–Crippen LogP) is 2.47. The first-order chi connectivity index (χ1) is 13.7. The van der Waals surface area contributed by atoms with Gasteiger partial charge in [0.1, 0.15) is 5.75 Å². The van der Waals surface area contributed by atoms with E-state index in [1.54, 1.807) is 42.3 Å². The van der Waals surface area contributed by atoms with Crippen molar-refractivity contribution in [3.63, 3.8) is 0 Å². The van der Waals surface area contributed by atoms with Crippen LogP contribution in [0.25, 0.3) is 0 Å². The van der Waals surface area contributed by atoms with Gasteiger partial charge in [0.15, 0.2) is 0 Å². The van der Waals surface area contributed by atoms with Gasteiger partial charge in [-0.3, -0.25) is 9.78 Å². The van der Waals surface area contributed by atoms with Crippen LogP contribution in [0.2, 0.25) is 0 Å².